The molecule has 98 valence electrons. The Labute approximate surface area is 126 Å². The minimum absolute atomic E-state index is 0.150. The predicted octanol–water partition coefficient (Wildman–Crippen LogP) is 3.89. The van der Waals surface area contributed by atoms with Crippen molar-refractivity contribution in [2.24, 2.45) is 0 Å². The molecule has 1 atom stereocenters. The highest BCUT2D eigenvalue weighted by molar-refractivity contribution is 9.10. The first-order valence-corrected chi connectivity index (χ1v) is 7.09. The molecular formula is C14H14BrN3S. The molecule has 0 aliphatic carbocycles. The number of benzene rings is 1. The van der Waals surface area contributed by atoms with Crippen LogP contribution in [0.3, 0.4) is 0 Å². The van der Waals surface area contributed by atoms with E-state index in [2.05, 4.69) is 50.6 Å². The molecule has 0 fully saturated rings. The van der Waals surface area contributed by atoms with Crippen LogP contribution in [0.15, 0.2) is 53.1 Å². The number of pyridine rings is 1. The minimum atomic E-state index is 0.150. The Bertz CT molecular complexity index is 542. The molecule has 0 unspecified atom stereocenters. The highest BCUT2D eigenvalue weighted by Gasteiger charge is 2.06. The van der Waals surface area contributed by atoms with E-state index in [1.807, 2.05) is 30.3 Å². The van der Waals surface area contributed by atoms with E-state index in [-0.39, 0.29) is 6.04 Å². The zero-order chi connectivity index (χ0) is 13.7. The van der Waals surface area contributed by atoms with Crippen LogP contribution in [0, 0.1) is 0 Å². The standard InChI is InChI=1S/C14H14BrN3S/c1-10(11-5-3-2-4-6-11)17-14(19)18-13-8-7-12(15)9-16-13/h2-10H,1H3,(H2,16,17,18,19)/t10-/m0/s1. The van der Waals surface area contributed by atoms with Crippen LogP contribution < -0.4 is 10.6 Å². The summed E-state index contributed by atoms with van der Waals surface area (Å²) in [5.74, 6) is 0.723. The lowest BCUT2D eigenvalue weighted by Gasteiger charge is -2.17. The molecule has 1 heterocycles. The van der Waals surface area contributed by atoms with Crippen LogP contribution in [-0.4, -0.2) is 10.1 Å². The molecule has 0 aliphatic rings. The maximum Gasteiger partial charge on any atom is 0.172 e. The van der Waals surface area contributed by atoms with Crippen LogP contribution >= 0.6 is 28.1 Å². The van der Waals surface area contributed by atoms with Gasteiger partial charge in [0.1, 0.15) is 5.82 Å². The molecule has 5 heteroatoms. The highest BCUT2D eigenvalue weighted by Crippen LogP contribution is 2.13. The normalized spacial score (nSPS) is 11.7. The van der Waals surface area contributed by atoms with Gasteiger partial charge in [0.15, 0.2) is 5.11 Å². The van der Waals surface area contributed by atoms with Gasteiger partial charge in [-0.25, -0.2) is 4.98 Å². The van der Waals surface area contributed by atoms with Crippen LogP contribution in [0.1, 0.15) is 18.5 Å². The van der Waals surface area contributed by atoms with Gasteiger partial charge in [0, 0.05) is 10.7 Å². The monoisotopic (exact) mass is 335 g/mol. The van der Waals surface area contributed by atoms with Gasteiger partial charge in [-0.15, -0.1) is 0 Å². The lowest BCUT2D eigenvalue weighted by Crippen LogP contribution is -2.31. The first-order valence-electron chi connectivity index (χ1n) is 5.89. The van der Waals surface area contributed by atoms with Crippen LogP contribution in [0.2, 0.25) is 0 Å². The number of nitrogens with zero attached hydrogens (tertiary/aromatic N) is 1. The summed E-state index contributed by atoms with van der Waals surface area (Å²) < 4.78 is 0.939. The molecule has 0 saturated carbocycles. The zero-order valence-corrected chi connectivity index (χ0v) is 12.8. The number of anilines is 1. The van der Waals surface area contributed by atoms with Gasteiger partial charge in [0.05, 0.1) is 6.04 Å². The molecule has 1 aromatic heterocycles. The molecule has 0 bridgehead atoms. The predicted molar refractivity (Wildman–Crippen MR) is 86.2 cm³/mol. The quantitative estimate of drug-likeness (QED) is 0.834. The van der Waals surface area contributed by atoms with Crippen LogP contribution in [0.25, 0.3) is 0 Å². The number of nitrogens with one attached hydrogen (secondary N) is 2. The molecule has 19 heavy (non-hydrogen) atoms. The van der Waals surface area contributed by atoms with E-state index in [4.69, 9.17) is 12.2 Å². The van der Waals surface area contributed by atoms with Gasteiger partial charge in [-0.05, 0) is 52.8 Å². The average Bonchev–Trinajstić information content (AvgIpc) is 2.42. The van der Waals surface area contributed by atoms with E-state index in [0.717, 1.165) is 10.3 Å². The average molecular weight is 336 g/mol. The topological polar surface area (TPSA) is 37.0 Å². The summed E-state index contributed by atoms with van der Waals surface area (Å²) in [5, 5.41) is 6.85. The Morgan fingerprint density at radius 1 is 1.21 bits per heavy atom. The smallest absolute Gasteiger partial charge is 0.172 e. The molecule has 0 saturated heterocycles. The second kappa shape index (κ2) is 6.63. The first-order chi connectivity index (χ1) is 9.15. The van der Waals surface area contributed by atoms with Crippen LogP contribution in [-0.2, 0) is 0 Å². The number of hydrogen-bond acceptors (Lipinski definition) is 2. The molecule has 2 rings (SSSR count). The maximum atomic E-state index is 5.27. The van der Waals surface area contributed by atoms with Crippen molar-refractivity contribution in [2.75, 3.05) is 5.32 Å². The van der Waals surface area contributed by atoms with Gasteiger partial charge in [-0.3, -0.25) is 0 Å². The van der Waals surface area contributed by atoms with E-state index >= 15 is 0 Å². The van der Waals surface area contributed by atoms with E-state index < -0.39 is 0 Å². The third kappa shape index (κ3) is 4.29. The fourth-order valence-electron chi connectivity index (χ4n) is 1.62. The van der Waals surface area contributed by atoms with Crippen LogP contribution in [0.4, 0.5) is 5.82 Å². The molecule has 0 amide bonds. The third-order valence-corrected chi connectivity index (χ3v) is 3.31. The van der Waals surface area contributed by atoms with Crippen molar-refractivity contribution in [3.05, 3.63) is 58.7 Å². The third-order valence-electron chi connectivity index (χ3n) is 2.62. The summed E-state index contributed by atoms with van der Waals surface area (Å²) in [6.45, 7) is 2.07. The van der Waals surface area contributed by atoms with Crippen molar-refractivity contribution < 1.29 is 0 Å². The number of halogens is 1. The SMILES string of the molecule is C[C@H](NC(=S)Nc1ccc(Br)cn1)c1ccccc1. The zero-order valence-electron chi connectivity index (χ0n) is 10.4. The fraction of sp³-hybridized carbons (Fsp3) is 0.143. The van der Waals surface area contributed by atoms with Crippen LogP contribution in [0.5, 0.6) is 0 Å². The number of thiocarbonyl (C=S) groups is 1. The van der Waals surface area contributed by atoms with Crippen molar-refractivity contribution in [2.45, 2.75) is 13.0 Å². The fourth-order valence-corrected chi connectivity index (χ4v) is 2.14. The van der Waals surface area contributed by atoms with E-state index in [1.165, 1.54) is 5.56 Å². The second-order valence-electron chi connectivity index (χ2n) is 4.09. The minimum Gasteiger partial charge on any atom is -0.356 e. The molecule has 2 N–H and O–H groups in total. The Hall–Kier alpha value is -1.46. The Morgan fingerprint density at radius 2 is 1.95 bits per heavy atom. The summed E-state index contributed by atoms with van der Waals surface area (Å²) in [6.07, 6.45) is 1.73. The molecule has 2 aromatic rings. The number of hydrogen-bond donors (Lipinski definition) is 2. The van der Waals surface area contributed by atoms with Gasteiger partial charge in [-0.1, -0.05) is 30.3 Å². The number of rotatable bonds is 3. The summed E-state index contributed by atoms with van der Waals surface area (Å²) >= 11 is 8.61. The van der Waals surface area contributed by atoms with Crippen molar-refractivity contribution in [1.29, 1.82) is 0 Å². The van der Waals surface area contributed by atoms with Crippen molar-refractivity contribution in [1.82, 2.24) is 10.3 Å². The number of aromatic nitrogens is 1. The van der Waals surface area contributed by atoms with E-state index in [0.29, 0.717) is 5.11 Å². The van der Waals surface area contributed by atoms with Gasteiger partial charge >= 0.3 is 0 Å². The van der Waals surface area contributed by atoms with Gasteiger partial charge in [0.2, 0.25) is 0 Å². The lowest BCUT2D eigenvalue weighted by atomic mass is 10.1. The Kier molecular flexibility index (Phi) is 4.87. The summed E-state index contributed by atoms with van der Waals surface area (Å²) in [4.78, 5) is 4.21. The highest BCUT2D eigenvalue weighted by atomic mass is 79.9. The lowest BCUT2D eigenvalue weighted by molar-refractivity contribution is 0.722. The van der Waals surface area contributed by atoms with E-state index in [1.54, 1.807) is 6.20 Å². The maximum absolute atomic E-state index is 5.27. The molecule has 1 aromatic carbocycles. The Morgan fingerprint density at radius 3 is 2.58 bits per heavy atom. The Balaban J connectivity index is 1.93. The molecule has 3 nitrogen and oxygen atoms in total. The summed E-state index contributed by atoms with van der Waals surface area (Å²) in [5.41, 5.74) is 1.19. The molecular weight excluding hydrogens is 322 g/mol. The van der Waals surface area contributed by atoms with Gasteiger partial charge < -0.3 is 10.6 Å². The first kappa shape index (κ1) is 14.0. The van der Waals surface area contributed by atoms with Gasteiger partial charge in [0.25, 0.3) is 0 Å². The molecule has 0 spiro atoms. The van der Waals surface area contributed by atoms with Crippen molar-refractivity contribution in [3.8, 4) is 0 Å². The van der Waals surface area contributed by atoms with Gasteiger partial charge in [-0.2, -0.15) is 0 Å². The van der Waals surface area contributed by atoms with Crippen molar-refractivity contribution >= 4 is 39.1 Å². The molecule has 0 radical (unpaired) electrons. The largest absolute Gasteiger partial charge is 0.356 e. The molecule has 0 aliphatic heterocycles. The second-order valence-corrected chi connectivity index (χ2v) is 5.42. The van der Waals surface area contributed by atoms with E-state index in [9.17, 15) is 0 Å². The van der Waals surface area contributed by atoms with Crippen molar-refractivity contribution in [3.63, 3.8) is 0 Å². The summed E-state index contributed by atoms with van der Waals surface area (Å²) in [7, 11) is 0. The summed E-state index contributed by atoms with van der Waals surface area (Å²) in [6, 6.07) is 14.1.